The number of nitrogens with one attached hydrogen (secondary N) is 1. The van der Waals surface area contributed by atoms with Crippen molar-refractivity contribution < 1.29 is 17.9 Å². The van der Waals surface area contributed by atoms with E-state index in [4.69, 9.17) is 27.9 Å². The Hall–Kier alpha value is -2.98. The van der Waals surface area contributed by atoms with Gasteiger partial charge >= 0.3 is 0 Å². The molecule has 2 heterocycles. The second-order valence-corrected chi connectivity index (χ2v) is 12.2. The van der Waals surface area contributed by atoms with Gasteiger partial charge in [0.25, 0.3) is 0 Å². The average Bonchev–Trinajstić information content (AvgIpc) is 3.33. The van der Waals surface area contributed by atoms with Crippen molar-refractivity contribution in [2.45, 2.75) is 23.5 Å². The number of halogens is 2. The van der Waals surface area contributed by atoms with E-state index in [9.17, 15) is 13.2 Å². The minimum absolute atomic E-state index is 0.129. The van der Waals surface area contributed by atoms with Crippen LogP contribution in [0.5, 0.6) is 5.75 Å². The molecule has 1 N–H and O–H groups in total. The third kappa shape index (κ3) is 5.96. The number of aromatic nitrogens is 2. The van der Waals surface area contributed by atoms with Crippen LogP contribution in [0.2, 0.25) is 10.0 Å². The third-order valence-corrected chi connectivity index (χ3v) is 9.01. The van der Waals surface area contributed by atoms with E-state index in [1.165, 1.54) is 6.07 Å². The van der Waals surface area contributed by atoms with Gasteiger partial charge in [0.1, 0.15) is 16.5 Å². The van der Waals surface area contributed by atoms with E-state index < -0.39 is 9.84 Å². The average molecular weight is 575 g/mol. The maximum atomic E-state index is 13.2. The number of benzene rings is 3. The van der Waals surface area contributed by atoms with Gasteiger partial charge in [0.2, 0.25) is 5.91 Å². The number of carbonyl (C=O) groups excluding carboxylic acids is 1. The molecule has 0 spiro atoms. The zero-order valence-corrected chi connectivity index (χ0v) is 22.5. The van der Waals surface area contributed by atoms with E-state index >= 15 is 0 Å². The zero-order chi connectivity index (χ0) is 26.0. The van der Waals surface area contributed by atoms with Crippen molar-refractivity contribution >= 4 is 56.2 Å². The number of hydrogen-bond acceptors (Lipinski definition) is 7. The Balaban J connectivity index is 1.26. The third-order valence-electron chi connectivity index (χ3n) is 5.96. The second-order valence-electron chi connectivity index (χ2n) is 8.56. The Morgan fingerprint density at radius 2 is 1.86 bits per heavy atom. The number of hydrogen-bond donors (Lipinski definition) is 1. The van der Waals surface area contributed by atoms with Crippen molar-refractivity contribution in [1.29, 1.82) is 0 Å². The van der Waals surface area contributed by atoms with Gasteiger partial charge in [-0.3, -0.25) is 4.79 Å². The second kappa shape index (κ2) is 10.8. The highest BCUT2D eigenvalue weighted by Crippen LogP contribution is 2.32. The molecule has 1 atom stereocenters. The van der Waals surface area contributed by atoms with Gasteiger partial charge in [0, 0.05) is 22.2 Å². The van der Waals surface area contributed by atoms with Gasteiger partial charge in [-0.15, -0.1) is 0 Å². The van der Waals surface area contributed by atoms with Crippen LogP contribution in [0.25, 0.3) is 11.4 Å². The molecular weight excluding hydrogens is 553 g/mol. The summed E-state index contributed by atoms with van der Waals surface area (Å²) in [6.45, 7) is 0.271. The van der Waals surface area contributed by atoms with E-state index in [1.54, 1.807) is 30.3 Å². The van der Waals surface area contributed by atoms with Crippen LogP contribution in [0, 0.1) is 5.92 Å². The van der Waals surface area contributed by atoms with Crippen LogP contribution in [0.4, 0.5) is 5.69 Å². The predicted molar refractivity (Wildman–Crippen MR) is 145 cm³/mol. The van der Waals surface area contributed by atoms with Crippen molar-refractivity contribution in [3.05, 3.63) is 87.3 Å². The van der Waals surface area contributed by atoms with Gasteiger partial charge in [0.05, 0.1) is 16.5 Å². The molecular formula is C26H21Cl2N3O4S2. The molecule has 1 aliphatic rings. The number of sulfone groups is 1. The highest BCUT2D eigenvalue weighted by molar-refractivity contribution is 7.90. The van der Waals surface area contributed by atoms with E-state index in [0.717, 1.165) is 22.7 Å². The van der Waals surface area contributed by atoms with Gasteiger partial charge in [-0.05, 0) is 66.3 Å². The molecule has 0 radical (unpaired) electrons. The number of ether oxygens (including phenoxy) is 1. The lowest BCUT2D eigenvalue weighted by Gasteiger charge is -2.25. The molecule has 4 aromatic rings. The number of amides is 1. The predicted octanol–water partition coefficient (Wildman–Crippen LogP) is 6.07. The van der Waals surface area contributed by atoms with Gasteiger partial charge < -0.3 is 10.1 Å². The number of carbonyl (C=O) groups is 1. The molecule has 0 fully saturated rings. The van der Waals surface area contributed by atoms with Crippen molar-refractivity contribution in [2.24, 2.45) is 5.92 Å². The quantitative estimate of drug-likeness (QED) is 0.275. The molecule has 0 saturated heterocycles. The molecule has 3 aromatic carbocycles. The summed E-state index contributed by atoms with van der Waals surface area (Å²) >= 11 is 13.1. The van der Waals surface area contributed by atoms with Crippen LogP contribution in [0.3, 0.4) is 0 Å². The minimum atomic E-state index is -3.66. The first-order valence-electron chi connectivity index (χ1n) is 11.4. The first kappa shape index (κ1) is 25.7. The van der Waals surface area contributed by atoms with Crippen molar-refractivity contribution in [1.82, 2.24) is 9.36 Å². The molecule has 1 aromatic heterocycles. The van der Waals surface area contributed by atoms with Gasteiger partial charge in [-0.1, -0.05) is 53.5 Å². The Kier molecular flexibility index (Phi) is 7.48. The van der Waals surface area contributed by atoms with Gasteiger partial charge in [-0.2, -0.15) is 4.37 Å². The number of anilines is 1. The monoisotopic (exact) mass is 573 g/mol. The van der Waals surface area contributed by atoms with Crippen LogP contribution < -0.4 is 10.1 Å². The fraction of sp³-hybridized carbons (Fsp3) is 0.192. The highest BCUT2D eigenvalue weighted by atomic mass is 35.5. The smallest absolute Gasteiger partial charge is 0.227 e. The summed E-state index contributed by atoms with van der Waals surface area (Å²) in [7, 11) is -3.66. The van der Waals surface area contributed by atoms with Gasteiger partial charge in [0.15, 0.2) is 15.7 Å². The number of fused-ring (bicyclic) bond motifs is 1. The standard InChI is InChI=1S/C26H21Cl2N3O4S2/c27-19-6-9-23(21(28)14-19)35-11-10-17-12-18-13-20(7-8-22(18)29-26(17)32)37(33,34)15-24-30-25(31-36-24)16-4-2-1-3-5-16/h1-9,13-14,17H,10-12,15H2,(H,29,32). The van der Waals surface area contributed by atoms with Crippen LogP contribution in [-0.4, -0.2) is 30.3 Å². The van der Waals surface area contributed by atoms with Crippen molar-refractivity contribution in [3.8, 4) is 17.1 Å². The molecule has 1 amide bonds. The van der Waals surface area contributed by atoms with Crippen LogP contribution in [-0.2, 0) is 26.8 Å². The summed E-state index contributed by atoms with van der Waals surface area (Å²) in [4.78, 5) is 17.2. The summed E-state index contributed by atoms with van der Waals surface area (Å²) in [5.74, 6) is 0.253. The highest BCUT2D eigenvalue weighted by Gasteiger charge is 2.28. The first-order valence-corrected chi connectivity index (χ1v) is 14.6. The molecule has 7 nitrogen and oxygen atoms in total. The molecule has 11 heteroatoms. The molecule has 37 heavy (non-hydrogen) atoms. The maximum Gasteiger partial charge on any atom is 0.227 e. The fourth-order valence-electron chi connectivity index (χ4n) is 4.05. The molecule has 1 unspecified atom stereocenters. The van der Waals surface area contributed by atoms with Crippen LogP contribution in [0.15, 0.2) is 71.6 Å². The summed E-state index contributed by atoms with van der Waals surface area (Å²) in [5.41, 5.74) is 2.21. The van der Waals surface area contributed by atoms with E-state index in [2.05, 4.69) is 14.7 Å². The van der Waals surface area contributed by atoms with E-state index in [1.807, 2.05) is 30.3 Å². The maximum absolute atomic E-state index is 13.2. The van der Waals surface area contributed by atoms with Crippen molar-refractivity contribution in [2.75, 3.05) is 11.9 Å². The molecule has 0 bridgehead atoms. The number of rotatable bonds is 8. The normalized spacial score (nSPS) is 15.2. The zero-order valence-electron chi connectivity index (χ0n) is 19.4. The van der Waals surface area contributed by atoms with E-state index in [0.29, 0.717) is 45.2 Å². The fourth-order valence-corrected chi connectivity index (χ4v) is 6.81. The lowest BCUT2D eigenvalue weighted by Crippen LogP contribution is -2.31. The van der Waals surface area contributed by atoms with Crippen LogP contribution >= 0.6 is 34.7 Å². The lowest BCUT2D eigenvalue weighted by molar-refractivity contribution is -0.120. The van der Waals surface area contributed by atoms with E-state index in [-0.39, 0.29) is 29.1 Å². The molecule has 0 saturated carbocycles. The largest absolute Gasteiger partial charge is 0.492 e. The number of nitrogens with zero attached hydrogens (tertiary/aromatic N) is 2. The lowest BCUT2D eigenvalue weighted by atomic mass is 9.91. The summed E-state index contributed by atoms with van der Waals surface area (Å²) < 4.78 is 36.4. The molecule has 0 aliphatic carbocycles. The van der Waals surface area contributed by atoms with Crippen molar-refractivity contribution in [3.63, 3.8) is 0 Å². The Morgan fingerprint density at radius 1 is 1.05 bits per heavy atom. The molecule has 5 rings (SSSR count). The Bertz CT molecular complexity index is 1560. The van der Waals surface area contributed by atoms with Crippen LogP contribution in [0.1, 0.15) is 17.0 Å². The van der Waals surface area contributed by atoms with Gasteiger partial charge in [-0.25, -0.2) is 13.4 Å². The topological polar surface area (TPSA) is 98.2 Å². The SMILES string of the molecule is O=C1Nc2ccc(S(=O)(=O)Cc3nc(-c4ccccc4)ns3)cc2CC1CCOc1ccc(Cl)cc1Cl. The minimum Gasteiger partial charge on any atom is -0.492 e. The first-order chi connectivity index (χ1) is 17.8. The molecule has 1 aliphatic heterocycles. The molecule has 190 valence electrons. The Labute approximate surface area is 228 Å². The summed E-state index contributed by atoms with van der Waals surface area (Å²) in [5, 5.41) is 4.20. The Morgan fingerprint density at radius 3 is 2.65 bits per heavy atom. The summed E-state index contributed by atoms with van der Waals surface area (Å²) in [6.07, 6.45) is 0.841. The summed E-state index contributed by atoms with van der Waals surface area (Å²) in [6, 6.07) is 19.1.